The lowest BCUT2D eigenvalue weighted by Gasteiger charge is -1.93. The van der Waals surface area contributed by atoms with Crippen molar-refractivity contribution < 1.29 is 0 Å². The van der Waals surface area contributed by atoms with E-state index < -0.39 is 0 Å². The molecule has 0 bridgehead atoms. The molecule has 2 aromatic heterocycles. The summed E-state index contributed by atoms with van der Waals surface area (Å²) in [4.78, 5) is 0. The van der Waals surface area contributed by atoms with E-state index in [-0.39, 0.29) is 0 Å². The number of nitrogens with zero attached hydrogens (tertiary/aromatic N) is 4. The summed E-state index contributed by atoms with van der Waals surface area (Å²) in [5.74, 6) is 0. The number of aryl methyl sites for hydroxylation is 1. The molecule has 0 atom stereocenters. The van der Waals surface area contributed by atoms with Gasteiger partial charge in [-0.3, -0.25) is 4.68 Å². The van der Waals surface area contributed by atoms with Crippen LogP contribution in [-0.2, 0) is 7.05 Å². The van der Waals surface area contributed by atoms with E-state index in [1.165, 1.54) is 11.3 Å². The van der Waals surface area contributed by atoms with Crippen LogP contribution in [0.3, 0.4) is 0 Å². The third-order valence-electron chi connectivity index (χ3n) is 1.87. The van der Waals surface area contributed by atoms with Gasteiger partial charge < -0.3 is 0 Å². The van der Waals surface area contributed by atoms with Crippen LogP contribution >= 0.6 is 27.3 Å². The molecule has 0 aliphatic rings. The van der Waals surface area contributed by atoms with Crippen LogP contribution in [0.15, 0.2) is 10.1 Å². The van der Waals surface area contributed by atoms with Crippen LogP contribution in [0.2, 0.25) is 0 Å². The molecule has 13 heavy (non-hydrogen) atoms. The molecule has 2 heterocycles. The van der Waals surface area contributed by atoms with Gasteiger partial charge in [0.25, 0.3) is 0 Å². The smallest absolute Gasteiger partial charge is 0.183 e. The maximum atomic E-state index is 4.14. The fourth-order valence-electron chi connectivity index (χ4n) is 1.02. The van der Waals surface area contributed by atoms with Gasteiger partial charge in [-0.15, -0.1) is 10.2 Å². The fraction of sp³-hybridized carbons (Fsp3) is 0.286. The van der Waals surface area contributed by atoms with Crippen LogP contribution in [0.1, 0.15) is 5.69 Å². The first-order valence-electron chi connectivity index (χ1n) is 3.66. The molecule has 0 N–H and O–H groups in total. The summed E-state index contributed by atoms with van der Waals surface area (Å²) in [6, 6.07) is 0. The van der Waals surface area contributed by atoms with Gasteiger partial charge in [0.2, 0.25) is 0 Å². The van der Waals surface area contributed by atoms with Crippen LogP contribution in [0, 0.1) is 6.92 Å². The van der Waals surface area contributed by atoms with Gasteiger partial charge in [-0.25, -0.2) is 0 Å². The van der Waals surface area contributed by atoms with Gasteiger partial charge in [0.15, 0.2) is 8.92 Å². The molecular formula is C7H7BrN4S. The Morgan fingerprint density at radius 3 is 2.69 bits per heavy atom. The fourth-order valence-corrected chi connectivity index (χ4v) is 2.20. The molecule has 0 saturated heterocycles. The standard InChI is InChI=1S/C7H7BrN4S/c1-4-5(3-9-12(4)2)6-10-11-7(8)13-6/h3H,1-2H3. The average molecular weight is 259 g/mol. The van der Waals surface area contributed by atoms with E-state index >= 15 is 0 Å². The van der Waals surface area contributed by atoms with Crippen molar-refractivity contribution in [2.75, 3.05) is 0 Å². The Hall–Kier alpha value is -0.750. The molecule has 0 aliphatic carbocycles. The zero-order valence-corrected chi connectivity index (χ0v) is 9.55. The van der Waals surface area contributed by atoms with E-state index in [4.69, 9.17) is 0 Å². The Bertz CT molecular complexity index is 433. The minimum atomic E-state index is 0.797. The second-order valence-electron chi connectivity index (χ2n) is 2.63. The van der Waals surface area contributed by atoms with Gasteiger partial charge in [-0.05, 0) is 22.9 Å². The van der Waals surface area contributed by atoms with Crippen LogP contribution in [-0.4, -0.2) is 20.0 Å². The Kier molecular flexibility index (Phi) is 2.17. The van der Waals surface area contributed by atoms with Gasteiger partial charge in [-0.1, -0.05) is 11.3 Å². The minimum absolute atomic E-state index is 0.797. The molecule has 2 aromatic rings. The van der Waals surface area contributed by atoms with Crippen LogP contribution in [0.25, 0.3) is 10.6 Å². The third-order valence-corrected chi connectivity index (χ3v) is 3.26. The van der Waals surface area contributed by atoms with Crippen LogP contribution < -0.4 is 0 Å². The summed E-state index contributed by atoms with van der Waals surface area (Å²) < 4.78 is 2.62. The number of rotatable bonds is 1. The minimum Gasteiger partial charge on any atom is -0.272 e. The monoisotopic (exact) mass is 258 g/mol. The second-order valence-corrected chi connectivity index (χ2v) is 4.88. The quantitative estimate of drug-likeness (QED) is 0.786. The molecule has 0 saturated carbocycles. The first-order valence-corrected chi connectivity index (χ1v) is 5.27. The topological polar surface area (TPSA) is 43.6 Å². The van der Waals surface area contributed by atoms with E-state index in [0.717, 1.165) is 20.2 Å². The summed E-state index contributed by atoms with van der Waals surface area (Å²) >= 11 is 4.79. The Balaban J connectivity index is 2.52. The van der Waals surface area contributed by atoms with Crippen LogP contribution in [0.5, 0.6) is 0 Å². The average Bonchev–Trinajstić information content (AvgIpc) is 2.62. The molecule has 0 spiro atoms. The largest absolute Gasteiger partial charge is 0.272 e. The summed E-state index contributed by atoms with van der Waals surface area (Å²) in [6.07, 6.45) is 1.81. The Morgan fingerprint density at radius 2 is 2.23 bits per heavy atom. The molecule has 0 radical (unpaired) electrons. The molecule has 0 fully saturated rings. The number of hydrogen-bond acceptors (Lipinski definition) is 4. The predicted molar refractivity (Wildman–Crippen MR) is 54.5 cm³/mol. The van der Waals surface area contributed by atoms with Crippen molar-refractivity contribution in [2.24, 2.45) is 7.05 Å². The normalized spacial score (nSPS) is 10.7. The SMILES string of the molecule is Cc1c(-c2nnc(Br)s2)cnn1C. The van der Waals surface area contributed by atoms with Gasteiger partial charge in [0.05, 0.1) is 11.8 Å². The lowest BCUT2D eigenvalue weighted by Crippen LogP contribution is -1.92. The number of aromatic nitrogens is 4. The summed E-state index contributed by atoms with van der Waals surface area (Å²) in [5.41, 5.74) is 2.15. The molecule has 2 rings (SSSR count). The van der Waals surface area contributed by atoms with Crippen molar-refractivity contribution in [3.63, 3.8) is 0 Å². The molecular weight excluding hydrogens is 252 g/mol. The molecule has 0 amide bonds. The zero-order valence-electron chi connectivity index (χ0n) is 7.15. The predicted octanol–water partition coefficient (Wildman–Crippen LogP) is 2.01. The first kappa shape index (κ1) is 8.83. The van der Waals surface area contributed by atoms with E-state index in [1.807, 2.05) is 24.9 Å². The van der Waals surface area contributed by atoms with Crippen LogP contribution in [0.4, 0.5) is 0 Å². The van der Waals surface area contributed by atoms with E-state index in [0.29, 0.717) is 0 Å². The number of hydrogen-bond donors (Lipinski definition) is 0. The maximum absolute atomic E-state index is 4.14. The van der Waals surface area contributed by atoms with E-state index in [1.54, 1.807) is 0 Å². The van der Waals surface area contributed by atoms with Gasteiger partial charge >= 0.3 is 0 Å². The second kappa shape index (κ2) is 3.19. The molecule has 4 nitrogen and oxygen atoms in total. The van der Waals surface area contributed by atoms with Gasteiger partial charge in [-0.2, -0.15) is 5.10 Å². The van der Waals surface area contributed by atoms with Crippen molar-refractivity contribution >= 4 is 27.3 Å². The third kappa shape index (κ3) is 1.51. The van der Waals surface area contributed by atoms with Crippen molar-refractivity contribution in [3.8, 4) is 10.6 Å². The highest BCUT2D eigenvalue weighted by molar-refractivity contribution is 9.11. The van der Waals surface area contributed by atoms with Gasteiger partial charge in [0, 0.05) is 12.7 Å². The van der Waals surface area contributed by atoms with Crippen molar-refractivity contribution in [3.05, 3.63) is 15.8 Å². The van der Waals surface area contributed by atoms with Crippen molar-refractivity contribution in [2.45, 2.75) is 6.92 Å². The number of halogens is 1. The highest BCUT2D eigenvalue weighted by atomic mass is 79.9. The molecule has 0 aliphatic heterocycles. The molecule has 0 aromatic carbocycles. The lowest BCUT2D eigenvalue weighted by molar-refractivity contribution is 0.740. The van der Waals surface area contributed by atoms with E-state index in [2.05, 4.69) is 31.2 Å². The summed E-state index contributed by atoms with van der Waals surface area (Å²) in [6.45, 7) is 2.01. The molecule has 0 unspecified atom stereocenters. The molecule has 68 valence electrons. The highest BCUT2D eigenvalue weighted by Crippen LogP contribution is 2.27. The lowest BCUT2D eigenvalue weighted by atomic mass is 10.3. The van der Waals surface area contributed by atoms with Crippen molar-refractivity contribution in [1.29, 1.82) is 0 Å². The summed E-state index contributed by atoms with van der Waals surface area (Å²) in [5, 5.41) is 13.0. The van der Waals surface area contributed by atoms with Crippen molar-refractivity contribution in [1.82, 2.24) is 20.0 Å². The van der Waals surface area contributed by atoms with E-state index in [9.17, 15) is 0 Å². The zero-order chi connectivity index (χ0) is 9.42. The Labute approximate surface area is 87.7 Å². The first-order chi connectivity index (χ1) is 6.18. The highest BCUT2D eigenvalue weighted by Gasteiger charge is 2.10. The Morgan fingerprint density at radius 1 is 1.46 bits per heavy atom. The van der Waals surface area contributed by atoms with Gasteiger partial charge in [0.1, 0.15) is 0 Å². The summed E-state index contributed by atoms with van der Waals surface area (Å²) in [7, 11) is 1.91. The molecule has 6 heteroatoms. The maximum Gasteiger partial charge on any atom is 0.183 e.